The van der Waals surface area contributed by atoms with E-state index in [9.17, 15) is 8.42 Å². The molecule has 0 radical (unpaired) electrons. The summed E-state index contributed by atoms with van der Waals surface area (Å²) in [6.07, 6.45) is 6.07. The van der Waals surface area contributed by atoms with Crippen molar-refractivity contribution in [2.75, 3.05) is 12.8 Å². The maximum atomic E-state index is 11.5. The molecule has 0 saturated carbocycles. The van der Waals surface area contributed by atoms with Crippen molar-refractivity contribution in [1.29, 1.82) is 0 Å². The van der Waals surface area contributed by atoms with Gasteiger partial charge in [-0.15, -0.1) is 0 Å². The molecule has 4 nitrogen and oxygen atoms in total. The summed E-state index contributed by atoms with van der Waals surface area (Å²) in [6.45, 7) is 7.33. The molecule has 0 saturated heterocycles. The minimum absolute atomic E-state index is 0.0225. The van der Waals surface area contributed by atoms with E-state index >= 15 is 0 Å². The summed E-state index contributed by atoms with van der Waals surface area (Å²) < 4.78 is 23.0. The highest BCUT2D eigenvalue weighted by Crippen LogP contribution is 2.16. The van der Waals surface area contributed by atoms with Gasteiger partial charge in [-0.25, -0.2) is 8.42 Å². The SMILES string of the molecule is CCCC[C@@H](CC)CNC(=S)N[C@H](C)c1ccc(S(C)(=O)=O)cc1. The van der Waals surface area contributed by atoms with Crippen LogP contribution in [0.4, 0.5) is 0 Å². The van der Waals surface area contributed by atoms with Crippen LogP contribution in [0.15, 0.2) is 29.2 Å². The highest BCUT2D eigenvalue weighted by atomic mass is 32.2. The number of nitrogens with one attached hydrogen (secondary N) is 2. The van der Waals surface area contributed by atoms with Crippen molar-refractivity contribution in [3.63, 3.8) is 0 Å². The molecule has 6 heteroatoms. The van der Waals surface area contributed by atoms with E-state index < -0.39 is 9.84 Å². The number of hydrogen-bond acceptors (Lipinski definition) is 3. The van der Waals surface area contributed by atoms with Gasteiger partial charge < -0.3 is 10.6 Å². The highest BCUT2D eigenvalue weighted by Gasteiger charge is 2.11. The third kappa shape index (κ3) is 7.18. The van der Waals surface area contributed by atoms with E-state index in [-0.39, 0.29) is 6.04 Å². The van der Waals surface area contributed by atoms with Crippen LogP contribution in [0.2, 0.25) is 0 Å². The Morgan fingerprint density at radius 3 is 2.33 bits per heavy atom. The molecule has 0 bridgehead atoms. The molecule has 136 valence electrons. The van der Waals surface area contributed by atoms with E-state index in [4.69, 9.17) is 12.2 Å². The Hall–Kier alpha value is -1.14. The first-order valence-electron chi connectivity index (χ1n) is 8.62. The molecule has 0 aromatic heterocycles. The Labute approximate surface area is 152 Å². The topological polar surface area (TPSA) is 58.2 Å². The molecule has 2 N–H and O–H groups in total. The zero-order valence-electron chi connectivity index (χ0n) is 15.1. The van der Waals surface area contributed by atoms with Crippen molar-refractivity contribution in [1.82, 2.24) is 10.6 Å². The second-order valence-corrected chi connectivity index (χ2v) is 8.76. The van der Waals surface area contributed by atoms with Crippen LogP contribution in [-0.2, 0) is 9.84 Å². The fraction of sp³-hybridized carbons (Fsp3) is 0.611. The molecule has 0 heterocycles. The first kappa shape index (κ1) is 20.9. The lowest BCUT2D eigenvalue weighted by Gasteiger charge is -2.20. The maximum Gasteiger partial charge on any atom is 0.175 e. The fourth-order valence-electron chi connectivity index (χ4n) is 2.52. The van der Waals surface area contributed by atoms with Crippen LogP contribution in [0.3, 0.4) is 0 Å². The van der Waals surface area contributed by atoms with E-state index in [0.717, 1.165) is 18.5 Å². The summed E-state index contributed by atoms with van der Waals surface area (Å²) >= 11 is 5.38. The van der Waals surface area contributed by atoms with E-state index in [1.165, 1.54) is 25.5 Å². The zero-order valence-corrected chi connectivity index (χ0v) is 16.8. The van der Waals surface area contributed by atoms with Crippen molar-refractivity contribution >= 4 is 27.2 Å². The van der Waals surface area contributed by atoms with Gasteiger partial charge in [0.1, 0.15) is 0 Å². The Morgan fingerprint density at radius 2 is 1.83 bits per heavy atom. The molecule has 24 heavy (non-hydrogen) atoms. The third-order valence-electron chi connectivity index (χ3n) is 4.25. The van der Waals surface area contributed by atoms with Gasteiger partial charge in [0.15, 0.2) is 14.9 Å². The Bertz CT molecular complexity index is 612. The minimum atomic E-state index is -3.16. The van der Waals surface area contributed by atoms with Crippen molar-refractivity contribution in [2.45, 2.75) is 57.4 Å². The van der Waals surface area contributed by atoms with Crippen LogP contribution in [0.5, 0.6) is 0 Å². The Kier molecular flexibility index (Phi) is 8.70. The first-order valence-corrected chi connectivity index (χ1v) is 10.9. The molecule has 0 aliphatic rings. The number of unbranched alkanes of at least 4 members (excludes halogenated alkanes) is 1. The highest BCUT2D eigenvalue weighted by molar-refractivity contribution is 7.90. The molecule has 1 aromatic carbocycles. The fourth-order valence-corrected chi connectivity index (χ4v) is 3.41. The number of thiocarbonyl (C=S) groups is 1. The minimum Gasteiger partial charge on any atom is -0.362 e. The zero-order chi connectivity index (χ0) is 18.2. The van der Waals surface area contributed by atoms with Crippen LogP contribution < -0.4 is 10.6 Å². The van der Waals surface area contributed by atoms with Gasteiger partial charge in [0.05, 0.1) is 10.9 Å². The van der Waals surface area contributed by atoms with Gasteiger partial charge in [-0.3, -0.25) is 0 Å². The van der Waals surface area contributed by atoms with E-state index in [2.05, 4.69) is 24.5 Å². The lowest BCUT2D eigenvalue weighted by molar-refractivity contribution is 0.444. The molecule has 0 aliphatic carbocycles. The average Bonchev–Trinajstić information content (AvgIpc) is 2.54. The quantitative estimate of drug-likeness (QED) is 0.647. The normalized spacial score (nSPS) is 14.0. The van der Waals surface area contributed by atoms with Crippen LogP contribution in [0.1, 0.15) is 58.1 Å². The maximum absolute atomic E-state index is 11.5. The van der Waals surface area contributed by atoms with Crippen LogP contribution in [-0.4, -0.2) is 26.3 Å². The summed E-state index contributed by atoms with van der Waals surface area (Å²) in [5.74, 6) is 0.647. The molecule has 0 amide bonds. The number of sulfone groups is 1. The van der Waals surface area contributed by atoms with Gasteiger partial charge in [0, 0.05) is 12.8 Å². The first-order chi connectivity index (χ1) is 11.3. The monoisotopic (exact) mass is 370 g/mol. The molecule has 0 spiro atoms. The molecule has 0 aliphatic heterocycles. The summed E-state index contributed by atoms with van der Waals surface area (Å²) in [4.78, 5) is 0.334. The third-order valence-corrected chi connectivity index (χ3v) is 5.64. The van der Waals surface area contributed by atoms with Gasteiger partial charge in [0.25, 0.3) is 0 Å². The van der Waals surface area contributed by atoms with Gasteiger partial charge in [-0.1, -0.05) is 45.2 Å². The molecular formula is C18H30N2O2S2. The van der Waals surface area contributed by atoms with Gasteiger partial charge in [-0.05, 0) is 49.2 Å². The van der Waals surface area contributed by atoms with Crippen molar-refractivity contribution < 1.29 is 8.42 Å². The summed E-state index contributed by atoms with van der Waals surface area (Å²) in [5, 5.41) is 7.21. The predicted octanol–water partition coefficient (Wildman–Crippen LogP) is 3.83. The lowest BCUT2D eigenvalue weighted by atomic mass is 9.99. The second-order valence-electron chi connectivity index (χ2n) is 6.33. The van der Waals surface area contributed by atoms with Crippen molar-refractivity contribution in [3.8, 4) is 0 Å². The van der Waals surface area contributed by atoms with Crippen molar-refractivity contribution in [3.05, 3.63) is 29.8 Å². The summed E-state index contributed by atoms with van der Waals surface area (Å²) in [7, 11) is -3.16. The van der Waals surface area contributed by atoms with Gasteiger partial charge >= 0.3 is 0 Å². The average molecular weight is 371 g/mol. The Balaban J connectivity index is 2.51. The molecule has 2 atom stereocenters. The van der Waals surface area contributed by atoms with E-state index in [0.29, 0.717) is 15.9 Å². The van der Waals surface area contributed by atoms with Gasteiger partial charge in [0.2, 0.25) is 0 Å². The second kappa shape index (κ2) is 9.99. The largest absolute Gasteiger partial charge is 0.362 e. The number of rotatable bonds is 9. The predicted molar refractivity (Wildman–Crippen MR) is 105 cm³/mol. The molecule has 0 unspecified atom stereocenters. The Morgan fingerprint density at radius 1 is 1.21 bits per heavy atom. The molecule has 1 aromatic rings. The molecule has 1 rings (SSSR count). The standard InChI is InChI=1S/C18H30N2O2S2/c1-5-7-8-15(6-2)13-19-18(23)20-14(3)16-9-11-17(12-10-16)24(4,21)22/h9-12,14-15H,5-8,13H2,1-4H3,(H2,19,20,23)/t14-,15-/m1/s1. The molecule has 0 fully saturated rings. The number of benzene rings is 1. The summed E-state index contributed by atoms with van der Waals surface area (Å²) in [5.41, 5.74) is 1.00. The lowest BCUT2D eigenvalue weighted by Crippen LogP contribution is -2.39. The van der Waals surface area contributed by atoms with Crippen molar-refractivity contribution in [2.24, 2.45) is 5.92 Å². The van der Waals surface area contributed by atoms with Crippen LogP contribution in [0, 0.1) is 5.92 Å². The summed E-state index contributed by atoms with van der Waals surface area (Å²) in [6, 6.07) is 6.95. The smallest absolute Gasteiger partial charge is 0.175 e. The van der Waals surface area contributed by atoms with E-state index in [1.807, 2.05) is 19.1 Å². The van der Waals surface area contributed by atoms with Crippen LogP contribution in [0.25, 0.3) is 0 Å². The molecular weight excluding hydrogens is 340 g/mol. The van der Waals surface area contributed by atoms with Crippen LogP contribution >= 0.6 is 12.2 Å². The van der Waals surface area contributed by atoms with E-state index in [1.54, 1.807) is 12.1 Å². The number of hydrogen-bond donors (Lipinski definition) is 2. The van der Waals surface area contributed by atoms with Gasteiger partial charge in [-0.2, -0.15) is 0 Å².